The molecular weight excluding hydrogens is 149 g/mol. The van der Waals surface area contributed by atoms with Crippen LogP contribution in [0.5, 0.6) is 0 Å². The molecule has 1 aliphatic heterocycles. The van der Waals surface area contributed by atoms with Gasteiger partial charge in [-0.3, -0.25) is 9.21 Å². The van der Waals surface area contributed by atoms with E-state index in [1.807, 2.05) is 0 Å². The summed E-state index contributed by atoms with van der Waals surface area (Å²) in [6, 6.07) is 0. The zero-order valence-electron chi connectivity index (χ0n) is 4.10. The highest BCUT2D eigenvalue weighted by Gasteiger charge is 2.28. The lowest BCUT2D eigenvalue weighted by Crippen LogP contribution is -2.17. The van der Waals surface area contributed by atoms with Crippen molar-refractivity contribution in [2.75, 3.05) is 6.54 Å². The van der Waals surface area contributed by atoms with Gasteiger partial charge in [0.2, 0.25) is 0 Å². The molecule has 0 radical (unpaired) electrons. The molecule has 1 rings (SSSR count). The van der Waals surface area contributed by atoms with Crippen molar-refractivity contribution in [3.05, 3.63) is 0 Å². The summed E-state index contributed by atoms with van der Waals surface area (Å²) in [5, 5.41) is -0.382. The van der Waals surface area contributed by atoms with Crippen molar-refractivity contribution in [2.45, 2.75) is 11.8 Å². The van der Waals surface area contributed by atoms with E-state index in [-0.39, 0.29) is 11.3 Å². The van der Waals surface area contributed by atoms with Crippen LogP contribution in [0.25, 0.3) is 0 Å². The number of hydrogen-bond donors (Lipinski definition) is 0. The highest BCUT2D eigenvalue weighted by molar-refractivity contribution is 6.35. The molecule has 0 saturated carbocycles. The molecule has 1 amide bonds. The molecule has 0 aliphatic carbocycles. The van der Waals surface area contributed by atoms with Crippen molar-refractivity contribution in [1.29, 1.82) is 0 Å². The lowest BCUT2D eigenvalue weighted by atomic mass is 10.4. The maximum absolute atomic E-state index is 10.6. The average Bonchev–Trinajstić information content (AvgIpc) is 1.98. The molecule has 8 heavy (non-hydrogen) atoms. The molecule has 0 N–H and O–H groups in total. The highest BCUT2D eigenvalue weighted by Crippen LogP contribution is 2.17. The first-order chi connectivity index (χ1) is 3.72. The molecule has 0 bridgehead atoms. The SMILES string of the molecule is O=C1C(Cl)CCN1Cl. The number of alkyl halides is 1. The Morgan fingerprint density at radius 3 is 2.50 bits per heavy atom. The van der Waals surface area contributed by atoms with E-state index in [4.69, 9.17) is 23.4 Å². The normalized spacial score (nSPS) is 29.5. The maximum atomic E-state index is 10.6. The third kappa shape index (κ3) is 0.906. The minimum Gasteiger partial charge on any atom is -0.272 e. The van der Waals surface area contributed by atoms with E-state index in [1.165, 1.54) is 0 Å². The van der Waals surface area contributed by atoms with Crippen molar-refractivity contribution in [3.63, 3.8) is 0 Å². The summed E-state index contributed by atoms with van der Waals surface area (Å²) < 4.78 is 1.12. The van der Waals surface area contributed by atoms with Crippen molar-refractivity contribution >= 4 is 29.3 Å². The quantitative estimate of drug-likeness (QED) is 0.376. The highest BCUT2D eigenvalue weighted by atomic mass is 35.5. The number of carbonyl (C=O) groups excluding carboxylic acids is 1. The first kappa shape index (κ1) is 6.17. The van der Waals surface area contributed by atoms with Gasteiger partial charge in [0.1, 0.15) is 5.38 Å². The lowest BCUT2D eigenvalue weighted by molar-refractivity contribution is -0.123. The second-order valence-corrected chi connectivity index (χ2v) is 2.62. The standard InChI is InChI=1S/C4H5Cl2NO/c5-3-1-2-7(6)4(3)8/h3H,1-2H2. The molecule has 1 heterocycles. The molecule has 1 saturated heterocycles. The summed E-state index contributed by atoms with van der Waals surface area (Å²) in [7, 11) is 0. The van der Waals surface area contributed by atoms with Crippen molar-refractivity contribution < 1.29 is 4.79 Å². The van der Waals surface area contributed by atoms with E-state index in [0.717, 1.165) is 4.42 Å². The summed E-state index contributed by atoms with van der Waals surface area (Å²) in [6.07, 6.45) is 0.671. The minimum absolute atomic E-state index is 0.173. The second kappa shape index (κ2) is 2.11. The third-order valence-electron chi connectivity index (χ3n) is 1.09. The molecule has 2 nitrogen and oxygen atoms in total. The Balaban J connectivity index is 2.57. The molecule has 0 spiro atoms. The lowest BCUT2D eigenvalue weighted by Gasteiger charge is -1.99. The summed E-state index contributed by atoms with van der Waals surface area (Å²) in [4.78, 5) is 10.6. The molecule has 1 atom stereocenters. The molecule has 46 valence electrons. The predicted octanol–water partition coefficient (Wildman–Crippen LogP) is 0.980. The zero-order valence-corrected chi connectivity index (χ0v) is 5.61. The predicted molar refractivity (Wildman–Crippen MR) is 31.8 cm³/mol. The Morgan fingerprint density at radius 1 is 1.75 bits per heavy atom. The van der Waals surface area contributed by atoms with E-state index < -0.39 is 0 Å². The van der Waals surface area contributed by atoms with Crippen LogP contribution in [0.4, 0.5) is 0 Å². The molecule has 0 aromatic rings. The number of halogens is 2. The summed E-state index contributed by atoms with van der Waals surface area (Å²) >= 11 is 10.8. The van der Waals surface area contributed by atoms with Crippen LogP contribution in [-0.4, -0.2) is 22.2 Å². The van der Waals surface area contributed by atoms with Crippen molar-refractivity contribution in [2.24, 2.45) is 0 Å². The van der Waals surface area contributed by atoms with E-state index in [9.17, 15) is 4.79 Å². The molecule has 0 aromatic carbocycles. The Bertz CT molecular complexity index is 105. The molecule has 1 aliphatic rings. The van der Waals surface area contributed by atoms with Crippen LogP contribution in [-0.2, 0) is 4.79 Å². The monoisotopic (exact) mass is 153 g/mol. The Hall–Kier alpha value is 0.0500. The number of carbonyl (C=O) groups is 1. The van der Waals surface area contributed by atoms with Gasteiger partial charge in [-0.1, -0.05) is 0 Å². The van der Waals surface area contributed by atoms with Crippen LogP contribution in [0.15, 0.2) is 0 Å². The van der Waals surface area contributed by atoms with Gasteiger partial charge in [0.15, 0.2) is 0 Å². The fourth-order valence-electron chi connectivity index (χ4n) is 0.612. The molecule has 4 heteroatoms. The summed E-state index contributed by atoms with van der Waals surface area (Å²) in [5.74, 6) is -0.173. The molecule has 0 aromatic heterocycles. The van der Waals surface area contributed by atoms with E-state index in [1.54, 1.807) is 0 Å². The molecule has 1 fully saturated rings. The van der Waals surface area contributed by atoms with Gasteiger partial charge in [-0.2, -0.15) is 0 Å². The Labute approximate surface area is 57.5 Å². The smallest absolute Gasteiger partial charge is 0.255 e. The van der Waals surface area contributed by atoms with Gasteiger partial charge >= 0.3 is 0 Å². The second-order valence-electron chi connectivity index (χ2n) is 1.68. The first-order valence-corrected chi connectivity index (χ1v) is 3.10. The van der Waals surface area contributed by atoms with Crippen molar-refractivity contribution in [1.82, 2.24) is 4.42 Å². The van der Waals surface area contributed by atoms with Gasteiger partial charge in [-0.05, 0) is 6.42 Å². The van der Waals surface area contributed by atoms with Crippen LogP contribution in [0.3, 0.4) is 0 Å². The van der Waals surface area contributed by atoms with Gasteiger partial charge in [-0.25, -0.2) is 0 Å². The largest absolute Gasteiger partial charge is 0.272 e. The van der Waals surface area contributed by atoms with Crippen LogP contribution >= 0.6 is 23.4 Å². The number of rotatable bonds is 0. The third-order valence-corrected chi connectivity index (χ3v) is 1.83. The van der Waals surface area contributed by atoms with E-state index in [0.29, 0.717) is 13.0 Å². The van der Waals surface area contributed by atoms with Crippen LogP contribution < -0.4 is 0 Å². The van der Waals surface area contributed by atoms with Gasteiger partial charge in [0, 0.05) is 18.3 Å². The Kier molecular flexibility index (Phi) is 1.63. The number of hydrogen-bond acceptors (Lipinski definition) is 1. The number of amides is 1. The average molecular weight is 154 g/mol. The summed E-state index contributed by atoms with van der Waals surface area (Å²) in [5.41, 5.74) is 0. The fraction of sp³-hybridized carbons (Fsp3) is 0.750. The Morgan fingerprint density at radius 2 is 2.38 bits per heavy atom. The van der Waals surface area contributed by atoms with Gasteiger partial charge in [-0.15, -0.1) is 11.6 Å². The fourth-order valence-corrected chi connectivity index (χ4v) is 1.09. The van der Waals surface area contributed by atoms with Gasteiger partial charge in [0.25, 0.3) is 5.91 Å². The minimum atomic E-state index is -0.382. The number of nitrogens with zero attached hydrogens (tertiary/aromatic N) is 1. The van der Waals surface area contributed by atoms with E-state index in [2.05, 4.69) is 0 Å². The van der Waals surface area contributed by atoms with Crippen molar-refractivity contribution in [3.8, 4) is 0 Å². The molecular formula is C4H5Cl2NO. The first-order valence-electron chi connectivity index (χ1n) is 2.33. The maximum Gasteiger partial charge on any atom is 0.255 e. The van der Waals surface area contributed by atoms with Crippen LogP contribution in [0, 0.1) is 0 Å². The topological polar surface area (TPSA) is 20.3 Å². The van der Waals surface area contributed by atoms with Gasteiger partial charge < -0.3 is 0 Å². The van der Waals surface area contributed by atoms with E-state index >= 15 is 0 Å². The van der Waals surface area contributed by atoms with Gasteiger partial charge in [0.05, 0.1) is 0 Å². The zero-order chi connectivity index (χ0) is 6.15. The van der Waals surface area contributed by atoms with Crippen LogP contribution in [0.1, 0.15) is 6.42 Å². The summed E-state index contributed by atoms with van der Waals surface area (Å²) in [6.45, 7) is 0.578. The molecule has 1 unspecified atom stereocenters. The van der Waals surface area contributed by atoms with Crippen LogP contribution in [0.2, 0.25) is 0 Å².